The molecule has 9 nitrogen and oxygen atoms in total. The summed E-state index contributed by atoms with van der Waals surface area (Å²) < 4.78 is 13.2. The smallest absolute Gasteiger partial charge is 0.332 e. The molecule has 2 aromatic heterocycles. The molecule has 4 rings (SSSR count). The Morgan fingerprint density at radius 2 is 1.83 bits per heavy atom. The average Bonchev–Trinajstić information content (AvgIpc) is 2.78. The van der Waals surface area contributed by atoms with Gasteiger partial charge in [-0.25, -0.2) is 14.8 Å². The molecule has 3 aromatic rings. The van der Waals surface area contributed by atoms with E-state index in [1.54, 1.807) is 14.2 Å². The molecule has 1 aromatic carbocycles. The zero-order valence-corrected chi connectivity index (χ0v) is 16.5. The third-order valence-corrected chi connectivity index (χ3v) is 5.17. The first-order chi connectivity index (χ1) is 14.1. The maximum absolute atomic E-state index is 12.9. The number of nitrogens with zero attached hydrogens (tertiary/aromatic N) is 5. The lowest BCUT2D eigenvalue weighted by atomic mass is 10.2. The van der Waals surface area contributed by atoms with Crippen molar-refractivity contribution in [3.8, 4) is 17.1 Å². The highest BCUT2D eigenvalue weighted by Gasteiger charge is 2.16. The van der Waals surface area contributed by atoms with Gasteiger partial charge in [-0.3, -0.25) is 18.8 Å². The van der Waals surface area contributed by atoms with E-state index in [2.05, 4.69) is 14.9 Å². The summed E-state index contributed by atoms with van der Waals surface area (Å²) in [6.45, 7) is 3.89. The molecule has 0 amide bonds. The Bertz CT molecular complexity index is 1130. The average molecular weight is 397 g/mol. The summed E-state index contributed by atoms with van der Waals surface area (Å²) in [5.41, 5.74) is 0.355. The zero-order valence-electron chi connectivity index (χ0n) is 16.5. The number of hydrogen-bond acceptors (Lipinski definition) is 7. The van der Waals surface area contributed by atoms with Gasteiger partial charge in [0.05, 0.1) is 20.3 Å². The van der Waals surface area contributed by atoms with E-state index in [1.165, 1.54) is 15.3 Å². The number of fused-ring (bicyclic) bond motifs is 1. The lowest BCUT2D eigenvalue weighted by Gasteiger charge is -2.26. The summed E-state index contributed by atoms with van der Waals surface area (Å²) in [5, 5.41) is 0.325. The molecule has 1 aliphatic heterocycles. The quantitative estimate of drug-likeness (QED) is 0.619. The van der Waals surface area contributed by atoms with Gasteiger partial charge in [0.25, 0.3) is 5.56 Å². The summed E-state index contributed by atoms with van der Waals surface area (Å²) in [7, 11) is 3.22. The molecule has 1 aliphatic rings. The number of hydrogen-bond donors (Lipinski definition) is 0. The Morgan fingerprint density at radius 1 is 1.10 bits per heavy atom. The number of morpholine rings is 1. The summed E-state index contributed by atoms with van der Waals surface area (Å²) in [6, 6.07) is 7.29. The van der Waals surface area contributed by atoms with Crippen molar-refractivity contribution in [1.82, 2.24) is 24.0 Å². The number of ether oxygens (including phenoxy) is 2. The molecule has 9 heteroatoms. The highest BCUT2D eigenvalue weighted by Crippen LogP contribution is 2.20. The van der Waals surface area contributed by atoms with Crippen molar-refractivity contribution >= 4 is 11.0 Å². The van der Waals surface area contributed by atoms with Crippen LogP contribution in [0.15, 0.2) is 40.1 Å². The fraction of sp³-hybridized carbons (Fsp3) is 0.400. The van der Waals surface area contributed by atoms with E-state index in [-0.39, 0.29) is 11.2 Å². The predicted octanol–water partition coefficient (Wildman–Crippen LogP) is 0.498. The van der Waals surface area contributed by atoms with Gasteiger partial charge in [-0.1, -0.05) is 0 Å². The SMILES string of the molecule is COc1ccc(-c2ncc3c(=O)n(CCN4CCOCC4)c(=O)n(C)c3n2)cc1. The van der Waals surface area contributed by atoms with Crippen molar-refractivity contribution in [3.63, 3.8) is 0 Å². The van der Waals surface area contributed by atoms with Crippen molar-refractivity contribution in [3.05, 3.63) is 51.3 Å². The molecule has 0 aliphatic carbocycles. The summed E-state index contributed by atoms with van der Waals surface area (Å²) in [6.07, 6.45) is 1.49. The fourth-order valence-electron chi connectivity index (χ4n) is 3.43. The van der Waals surface area contributed by atoms with Crippen LogP contribution in [-0.4, -0.2) is 64.0 Å². The molecule has 3 heterocycles. The molecule has 0 atom stereocenters. The fourth-order valence-corrected chi connectivity index (χ4v) is 3.43. The van der Waals surface area contributed by atoms with Crippen LogP contribution in [0, 0.1) is 0 Å². The van der Waals surface area contributed by atoms with E-state index in [9.17, 15) is 9.59 Å². The Kier molecular flexibility index (Phi) is 5.41. The molecule has 0 bridgehead atoms. The molecule has 29 heavy (non-hydrogen) atoms. The van der Waals surface area contributed by atoms with E-state index in [1.807, 2.05) is 24.3 Å². The topological polar surface area (TPSA) is 91.5 Å². The molecule has 0 N–H and O–H groups in total. The molecule has 0 spiro atoms. The van der Waals surface area contributed by atoms with Crippen molar-refractivity contribution in [2.24, 2.45) is 7.05 Å². The van der Waals surface area contributed by atoms with Gasteiger partial charge in [-0.05, 0) is 24.3 Å². The van der Waals surface area contributed by atoms with Crippen LogP contribution in [0.5, 0.6) is 5.75 Å². The second-order valence-corrected chi connectivity index (χ2v) is 6.91. The van der Waals surface area contributed by atoms with E-state index in [0.717, 1.165) is 24.4 Å². The summed E-state index contributed by atoms with van der Waals surface area (Å²) >= 11 is 0. The number of aryl methyl sites for hydroxylation is 1. The Morgan fingerprint density at radius 3 is 2.52 bits per heavy atom. The second kappa shape index (κ2) is 8.14. The number of methoxy groups -OCH3 is 1. The molecule has 0 unspecified atom stereocenters. The predicted molar refractivity (Wildman–Crippen MR) is 108 cm³/mol. The lowest BCUT2D eigenvalue weighted by Crippen LogP contribution is -2.44. The van der Waals surface area contributed by atoms with Gasteiger partial charge in [0.2, 0.25) is 0 Å². The molecule has 0 saturated carbocycles. The van der Waals surface area contributed by atoms with Crippen LogP contribution < -0.4 is 16.0 Å². The van der Waals surface area contributed by atoms with Crippen molar-refractivity contribution in [1.29, 1.82) is 0 Å². The van der Waals surface area contributed by atoms with Crippen molar-refractivity contribution in [2.75, 3.05) is 40.0 Å². The lowest BCUT2D eigenvalue weighted by molar-refractivity contribution is 0.0361. The number of benzene rings is 1. The largest absolute Gasteiger partial charge is 0.497 e. The van der Waals surface area contributed by atoms with Gasteiger partial charge in [0, 0.05) is 45.0 Å². The molecular formula is C20H23N5O4. The van der Waals surface area contributed by atoms with Gasteiger partial charge in [0.15, 0.2) is 11.5 Å². The number of aromatic nitrogens is 4. The normalized spacial score (nSPS) is 15.0. The third-order valence-electron chi connectivity index (χ3n) is 5.17. The molecule has 152 valence electrons. The third kappa shape index (κ3) is 3.79. The molecular weight excluding hydrogens is 374 g/mol. The maximum atomic E-state index is 12.9. The van der Waals surface area contributed by atoms with Crippen molar-refractivity contribution in [2.45, 2.75) is 6.54 Å². The van der Waals surface area contributed by atoms with Crippen LogP contribution in [0.25, 0.3) is 22.4 Å². The van der Waals surface area contributed by atoms with E-state index in [4.69, 9.17) is 9.47 Å². The highest BCUT2D eigenvalue weighted by atomic mass is 16.5. The number of rotatable bonds is 5. The van der Waals surface area contributed by atoms with Gasteiger partial charge in [-0.2, -0.15) is 0 Å². The highest BCUT2D eigenvalue weighted by molar-refractivity contribution is 5.75. The minimum Gasteiger partial charge on any atom is -0.497 e. The van der Waals surface area contributed by atoms with Gasteiger partial charge < -0.3 is 9.47 Å². The minimum absolute atomic E-state index is 0.321. The Hall–Kier alpha value is -3.04. The van der Waals surface area contributed by atoms with Crippen molar-refractivity contribution < 1.29 is 9.47 Å². The van der Waals surface area contributed by atoms with Crippen LogP contribution in [-0.2, 0) is 18.3 Å². The molecule has 0 radical (unpaired) electrons. The van der Waals surface area contributed by atoms with Crippen LogP contribution in [0.4, 0.5) is 0 Å². The van der Waals surface area contributed by atoms with Crippen LogP contribution in [0.2, 0.25) is 0 Å². The molecule has 1 fully saturated rings. The van der Waals surface area contributed by atoms with Crippen LogP contribution >= 0.6 is 0 Å². The van der Waals surface area contributed by atoms with E-state index in [0.29, 0.717) is 43.2 Å². The van der Waals surface area contributed by atoms with E-state index >= 15 is 0 Å². The first-order valence-corrected chi connectivity index (χ1v) is 9.49. The minimum atomic E-state index is -0.379. The zero-order chi connectivity index (χ0) is 20.4. The van der Waals surface area contributed by atoms with Crippen LogP contribution in [0.1, 0.15) is 0 Å². The summed E-state index contributed by atoms with van der Waals surface area (Å²) in [5.74, 6) is 1.17. The van der Waals surface area contributed by atoms with Gasteiger partial charge in [-0.15, -0.1) is 0 Å². The Balaban J connectivity index is 1.69. The van der Waals surface area contributed by atoms with Gasteiger partial charge >= 0.3 is 5.69 Å². The summed E-state index contributed by atoms with van der Waals surface area (Å²) in [4.78, 5) is 36.7. The standard InChI is InChI=1S/C20H23N5O4/c1-23-18-16(13-21-17(22-18)14-3-5-15(28-2)6-4-14)19(26)25(20(23)27)8-7-24-9-11-29-12-10-24/h3-6,13H,7-12H2,1-2H3. The first-order valence-electron chi connectivity index (χ1n) is 9.49. The maximum Gasteiger partial charge on any atom is 0.332 e. The second-order valence-electron chi connectivity index (χ2n) is 6.91. The first kappa shape index (κ1) is 19.3. The van der Waals surface area contributed by atoms with Crippen LogP contribution in [0.3, 0.4) is 0 Å². The van der Waals surface area contributed by atoms with E-state index < -0.39 is 0 Å². The molecule has 1 saturated heterocycles. The monoisotopic (exact) mass is 397 g/mol. The van der Waals surface area contributed by atoms with Gasteiger partial charge in [0.1, 0.15) is 11.1 Å². The Labute approximate surface area is 167 Å².